The Labute approximate surface area is 127 Å². The fourth-order valence-corrected chi connectivity index (χ4v) is 2.45. The number of halogens is 1. The Hall–Kier alpha value is -1.92. The Bertz CT molecular complexity index is 747. The van der Waals surface area contributed by atoms with Crippen molar-refractivity contribution in [3.05, 3.63) is 47.1 Å². The van der Waals surface area contributed by atoms with E-state index in [1.54, 1.807) is 4.68 Å². The van der Waals surface area contributed by atoms with Crippen molar-refractivity contribution >= 4 is 17.2 Å². The summed E-state index contributed by atoms with van der Waals surface area (Å²) in [6.45, 7) is 2.66. The summed E-state index contributed by atoms with van der Waals surface area (Å²) >= 11 is 5.97. The third-order valence-corrected chi connectivity index (χ3v) is 3.55. The van der Waals surface area contributed by atoms with Crippen molar-refractivity contribution in [1.29, 1.82) is 0 Å². The van der Waals surface area contributed by atoms with E-state index < -0.39 is 0 Å². The molecule has 110 valence electrons. The average molecular weight is 305 g/mol. The van der Waals surface area contributed by atoms with Crippen molar-refractivity contribution in [2.45, 2.75) is 32.4 Å². The highest BCUT2D eigenvalue weighted by Gasteiger charge is 2.10. The van der Waals surface area contributed by atoms with Crippen molar-refractivity contribution < 1.29 is 0 Å². The Morgan fingerprint density at radius 1 is 1.29 bits per heavy atom. The molecule has 0 aliphatic carbocycles. The van der Waals surface area contributed by atoms with Gasteiger partial charge in [0.25, 0.3) is 0 Å². The van der Waals surface area contributed by atoms with Crippen molar-refractivity contribution in [2.24, 2.45) is 5.73 Å². The number of fused-ring (bicyclic) bond motifs is 1. The zero-order valence-electron chi connectivity index (χ0n) is 11.8. The van der Waals surface area contributed by atoms with Crippen LogP contribution in [0.4, 0.5) is 0 Å². The van der Waals surface area contributed by atoms with Gasteiger partial charge in [-0.1, -0.05) is 30.2 Å². The van der Waals surface area contributed by atoms with Crippen LogP contribution in [-0.2, 0) is 6.54 Å². The molecule has 0 aromatic carbocycles. The summed E-state index contributed by atoms with van der Waals surface area (Å²) in [6.07, 6.45) is 7.59. The molecule has 0 saturated heterocycles. The lowest BCUT2D eigenvalue weighted by atomic mass is 10.1. The van der Waals surface area contributed by atoms with E-state index in [0.29, 0.717) is 11.6 Å². The predicted molar refractivity (Wildman–Crippen MR) is 81.2 cm³/mol. The van der Waals surface area contributed by atoms with Crippen LogP contribution in [-0.4, -0.2) is 24.4 Å². The maximum absolute atomic E-state index is 6.04. The fraction of sp³-hybridized carbons (Fsp3) is 0.357. The number of nitrogens with zero attached hydrogens (tertiary/aromatic N) is 5. The number of rotatable bonds is 5. The number of aromatic nitrogens is 5. The molecule has 0 spiro atoms. The minimum absolute atomic E-state index is 0.0522. The van der Waals surface area contributed by atoms with Gasteiger partial charge >= 0.3 is 0 Å². The lowest BCUT2D eigenvalue weighted by Gasteiger charge is -2.04. The van der Waals surface area contributed by atoms with Crippen LogP contribution in [0.3, 0.4) is 0 Å². The zero-order valence-corrected chi connectivity index (χ0v) is 12.5. The predicted octanol–water partition coefficient (Wildman–Crippen LogP) is 2.43. The maximum Gasteiger partial charge on any atom is 0.137 e. The van der Waals surface area contributed by atoms with Crippen LogP contribution >= 0.6 is 11.6 Å². The Morgan fingerprint density at radius 2 is 2.14 bits per heavy atom. The largest absolute Gasteiger partial charge is 0.323 e. The molecule has 2 N–H and O–H groups in total. The third-order valence-electron chi connectivity index (χ3n) is 3.32. The number of hydrogen-bond acceptors (Lipinski definition) is 4. The molecule has 0 bridgehead atoms. The first-order valence-electron chi connectivity index (χ1n) is 6.94. The van der Waals surface area contributed by atoms with E-state index in [0.717, 1.165) is 29.9 Å². The molecule has 0 aliphatic rings. The van der Waals surface area contributed by atoms with Crippen LogP contribution in [0, 0.1) is 0 Å². The maximum atomic E-state index is 6.04. The molecule has 3 heterocycles. The summed E-state index contributed by atoms with van der Waals surface area (Å²) < 4.78 is 3.66. The highest BCUT2D eigenvalue weighted by Crippen LogP contribution is 2.14. The minimum Gasteiger partial charge on any atom is -0.323 e. The Morgan fingerprint density at radius 3 is 2.95 bits per heavy atom. The van der Waals surface area contributed by atoms with Gasteiger partial charge in [0.15, 0.2) is 0 Å². The van der Waals surface area contributed by atoms with Gasteiger partial charge in [-0.05, 0) is 18.6 Å². The second-order valence-electron chi connectivity index (χ2n) is 5.08. The van der Waals surface area contributed by atoms with Crippen LogP contribution in [0.25, 0.3) is 5.65 Å². The normalized spacial score (nSPS) is 12.9. The van der Waals surface area contributed by atoms with Crippen LogP contribution in [0.5, 0.6) is 0 Å². The van der Waals surface area contributed by atoms with E-state index in [9.17, 15) is 0 Å². The smallest absolute Gasteiger partial charge is 0.137 e. The molecule has 0 amide bonds. The number of hydrogen-bond donors (Lipinski definition) is 1. The van der Waals surface area contributed by atoms with Gasteiger partial charge < -0.3 is 10.1 Å². The zero-order chi connectivity index (χ0) is 14.8. The number of nitrogens with two attached hydrogens (primary N) is 1. The second kappa shape index (κ2) is 5.83. The van der Waals surface area contributed by atoms with Gasteiger partial charge in [0.2, 0.25) is 0 Å². The molecule has 1 unspecified atom stereocenters. The summed E-state index contributed by atoms with van der Waals surface area (Å²) in [6, 6.07) is 3.66. The second-order valence-corrected chi connectivity index (χ2v) is 5.52. The number of pyridine rings is 1. The topological polar surface area (TPSA) is 74.0 Å². The first kappa shape index (κ1) is 14.0. The quantitative estimate of drug-likeness (QED) is 0.785. The van der Waals surface area contributed by atoms with E-state index in [4.69, 9.17) is 17.3 Å². The first-order chi connectivity index (χ1) is 10.2. The molecule has 1 atom stereocenters. The lowest BCUT2D eigenvalue weighted by Crippen LogP contribution is -2.10. The molecular formula is C14H17ClN6. The van der Waals surface area contributed by atoms with Gasteiger partial charge in [-0.25, -0.2) is 9.67 Å². The lowest BCUT2D eigenvalue weighted by molar-refractivity contribution is 0.616. The monoisotopic (exact) mass is 304 g/mol. The van der Waals surface area contributed by atoms with Gasteiger partial charge in [0.05, 0.1) is 35.2 Å². The third kappa shape index (κ3) is 3.06. The molecule has 6 nitrogen and oxygen atoms in total. The first-order valence-corrected chi connectivity index (χ1v) is 7.32. The van der Waals surface area contributed by atoms with E-state index in [2.05, 4.69) is 22.2 Å². The molecule has 7 heteroatoms. The van der Waals surface area contributed by atoms with Crippen molar-refractivity contribution in [3.63, 3.8) is 0 Å². The molecule has 0 radical (unpaired) electrons. The SMILES string of the molecule is CCCC(N)c1cn(Cc2cn3cc(Cl)ccc3n2)nn1. The van der Waals surface area contributed by atoms with Crippen LogP contribution < -0.4 is 5.73 Å². The summed E-state index contributed by atoms with van der Waals surface area (Å²) in [5, 5.41) is 8.93. The Balaban J connectivity index is 1.78. The molecule has 0 fully saturated rings. The molecule has 0 aliphatic heterocycles. The van der Waals surface area contributed by atoms with Crippen LogP contribution in [0.15, 0.2) is 30.7 Å². The highest BCUT2D eigenvalue weighted by molar-refractivity contribution is 6.30. The van der Waals surface area contributed by atoms with Gasteiger partial charge in [-0.2, -0.15) is 0 Å². The molecule has 3 aromatic heterocycles. The van der Waals surface area contributed by atoms with E-state index >= 15 is 0 Å². The van der Waals surface area contributed by atoms with Gasteiger partial charge in [-0.15, -0.1) is 5.10 Å². The summed E-state index contributed by atoms with van der Waals surface area (Å²) in [4.78, 5) is 4.52. The van der Waals surface area contributed by atoms with Crippen molar-refractivity contribution in [1.82, 2.24) is 24.4 Å². The van der Waals surface area contributed by atoms with Crippen molar-refractivity contribution in [2.75, 3.05) is 0 Å². The van der Waals surface area contributed by atoms with Crippen LogP contribution in [0.1, 0.15) is 37.2 Å². The van der Waals surface area contributed by atoms with Gasteiger partial charge in [0.1, 0.15) is 5.65 Å². The molecule has 21 heavy (non-hydrogen) atoms. The van der Waals surface area contributed by atoms with E-state index in [-0.39, 0.29) is 6.04 Å². The highest BCUT2D eigenvalue weighted by atomic mass is 35.5. The standard InChI is InChI=1S/C14H17ClN6/c1-2-3-12(16)13-9-21(19-18-13)8-11-7-20-6-10(15)4-5-14(20)17-11/h4-7,9,12H,2-3,8,16H2,1H3. The number of imidazole rings is 1. The molecule has 3 aromatic rings. The summed E-state index contributed by atoms with van der Waals surface area (Å²) in [5.74, 6) is 0. The average Bonchev–Trinajstić information content (AvgIpc) is 3.05. The minimum atomic E-state index is -0.0522. The summed E-state index contributed by atoms with van der Waals surface area (Å²) in [5.41, 5.74) is 8.62. The molecule has 0 saturated carbocycles. The van der Waals surface area contributed by atoms with Gasteiger partial charge in [-0.3, -0.25) is 0 Å². The van der Waals surface area contributed by atoms with Crippen molar-refractivity contribution in [3.8, 4) is 0 Å². The van der Waals surface area contributed by atoms with Crippen LogP contribution in [0.2, 0.25) is 5.02 Å². The fourth-order valence-electron chi connectivity index (χ4n) is 2.28. The van der Waals surface area contributed by atoms with E-state index in [1.165, 1.54) is 0 Å². The summed E-state index contributed by atoms with van der Waals surface area (Å²) in [7, 11) is 0. The van der Waals surface area contributed by atoms with Gasteiger partial charge in [0, 0.05) is 12.4 Å². The molecular weight excluding hydrogens is 288 g/mol. The van der Waals surface area contributed by atoms with E-state index in [1.807, 2.05) is 35.1 Å². The Kier molecular flexibility index (Phi) is 3.90. The molecule has 3 rings (SSSR count).